The maximum Gasteiger partial charge on any atom is 0.0706 e. The molecule has 0 spiro atoms. The Balaban J connectivity index is 3.80. The van der Waals surface area contributed by atoms with Crippen molar-refractivity contribution < 1.29 is 0 Å². The fourth-order valence-corrected chi connectivity index (χ4v) is 2.07. The molecule has 4 N–H and O–H groups in total. The highest BCUT2D eigenvalue weighted by molar-refractivity contribution is 4.71. The Labute approximate surface area is 120 Å². The van der Waals surface area contributed by atoms with Gasteiger partial charge in [0.05, 0.1) is 25.2 Å². The van der Waals surface area contributed by atoms with Gasteiger partial charge in [-0.2, -0.15) is 20.5 Å². The first-order valence-electron chi connectivity index (χ1n) is 7.18. The van der Waals surface area contributed by atoms with Gasteiger partial charge < -0.3 is 0 Å². The molecule has 2 atom stereocenters. The standard InChI is InChI=1S/C12H26N8/c13-17-9-3-1-5-11(19-15)7-8-12(20-16)6-2-4-10-18-14/h11-16H,1-10H2. The molecule has 0 aromatic heterocycles. The van der Waals surface area contributed by atoms with Gasteiger partial charge >= 0.3 is 0 Å². The zero-order chi connectivity index (χ0) is 15.1. The molecule has 20 heavy (non-hydrogen) atoms. The minimum Gasteiger partial charge on any atom is -0.210 e. The molecule has 8 heteroatoms. The summed E-state index contributed by atoms with van der Waals surface area (Å²) in [5, 5.41) is 13.9. The van der Waals surface area contributed by atoms with E-state index in [-0.39, 0.29) is 12.1 Å². The van der Waals surface area contributed by atoms with Crippen molar-refractivity contribution in [1.82, 2.24) is 0 Å². The number of nitrogens with one attached hydrogen (secondary N) is 4. The van der Waals surface area contributed by atoms with E-state index in [9.17, 15) is 0 Å². The molecule has 114 valence electrons. The monoisotopic (exact) mass is 282 g/mol. The summed E-state index contributed by atoms with van der Waals surface area (Å²) in [5.74, 6) is 0. The zero-order valence-corrected chi connectivity index (χ0v) is 12.0. The average molecular weight is 282 g/mol. The molecule has 0 rings (SSSR count). The fourth-order valence-electron chi connectivity index (χ4n) is 2.07. The Hall–Kier alpha value is -1.60. The zero-order valence-electron chi connectivity index (χ0n) is 12.0. The van der Waals surface area contributed by atoms with Crippen molar-refractivity contribution in [1.29, 1.82) is 22.1 Å². The molecular formula is C12H26N8. The van der Waals surface area contributed by atoms with E-state index < -0.39 is 0 Å². The van der Waals surface area contributed by atoms with Crippen LogP contribution in [0.2, 0.25) is 0 Å². The Kier molecular flexibility index (Phi) is 12.7. The summed E-state index contributed by atoms with van der Waals surface area (Å²) in [5.41, 5.74) is 27.8. The highest BCUT2D eigenvalue weighted by atomic mass is 15.0. The lowest BCUT2D eigenvalue weighted by molar-refractivity contribution is 0.436. The van der Waals surface area contributed by atoms with Crippen LogP contribution in [0, 0.1) is 22.1 Å². The van der Waals surface area contributed by atoms with Crippen molar-refractivity contribution in [3.05, 3.63) is 0 Å². The van der Waals surface area contributed by atoms with E-state index in [0.29, 0.717) is 13.1 Å². The van der Waals surface area contributed by atoms with Crippen molar-refractivity contribution in [2.75, 3.05) is 13.1 Å². The number of unbranched alkanes of at least 4 members (excludes halogenated alkanes) is 2. The Bertz CT molecular complexity index is 253. The lowest BCUT2D eigenvalue weighted by atomic mass is 9.99. The van der Waals surface area contributed by atoms with Crippen LogP contribution >= 0.6 is 0 Å². The first-order chi connectivity index (χ1) is 9.78. The van der Waals surface area contributed by atoms with Gasteiger partial charge in [-0.1, -0.05) is 0 Å². The minimum atomic E-state index is 0.00762. The molecule has 0 fully saturated rings. The van der Waals surface area contributed by atoms with Gasteiger partial charge in [0.25, 0.3) is 0 Å². The van der Waals surface area contributed by atoms with Gasteiger partial charge in [-0.15, -0.1) is 0 Å². The highest BCUT2D eigenvalue weighted by Gasteiger charge is 2.12. The van der Waals surface area contributed by atoms with E-state index in [1.807, 2.05) is 0 Å². The number of hydrogen-bond acceptors (Lipinski definition) is 8. The third-order valence-electron chi connectivity index (χ3n) is 3.31. The Morgan fingerprint density at radius 3 is 1.25 bits per heavy atom. The van der Waals surface area contributed by atoms with E-state index in [4.69, 9.17) is 22.1 Å². The van der Waals surface area contributed by atoms with Gasteiger partial charge in [0.15, 0.2) is 0 Å². The summed E-state index contributed by atoms with van der Waals surface area (Å²) >= 11 is 0. The Morgan fingerprint density at radius 2 is 0.950 bits per heavy atom. The molecule has 0 saturated heterocycles. The second-order valence-corrected chi connectivity index (χ2v) is 4.90. The van der Waals surface area contributed by atoms with Gasteiger partial charge in [0.1, 0.15) is 0 Å². The molecule has 0 bridgehead atoms. The van der Waals surface area contributed by atoms with Crippen molar-refractivity contribution in [2.45, 2.75) is 63.5 Å². The lowest BCUT2D eigenvalue weighted by Crippen LogP contribution is -2.10. The molecule has 8 nitrogen and oxygen atoms in total. The van der Waals surface area contributed by atoms with E-state index in [2.05, 4.69) is 20.5 Å². The summed E-state index contributed by atoms with van der Waals surface area (Å²) in [6.45, 7) is 1.10. The van der Waals surface area contributed by atoms with Crippen LogP contribution in [-0.2, 0) is 0 Å². The van der Waals surface area contributed by atoms with Crippen molar-refractivity contribution in [3.63, 3.8) is 0 Å². The van der Waals surface area contributed by atoms with Crippen molar-refractivity contribution in [3.8, 4) is 0 Å². The quantitative estimate of drug-likeness (QED) is 0.237. The second-order valence-electron chi connectivity index (χ2n) is 4.90. The minimum absolute atomic E-state index is 0.00762. The average Bonchev–Trinajstić information content (AvgIpc) is 2.48. The van der Waals surface area contributed by atoms with Crippen LogP contribution in [0.15, 0.2) is 20.5 Å². The Morgan fingerprint density at radius 1 is 0.550 bits per heavy atom. The van der Waals surface area contributed by atoms with Gasteiger partial charge in [0.2, 0.25) is 0 Å². The van der Waals surface area contributed by atoms with Crippen molar-refractivity contribution in [2.24, 2.45) is 20.5 Å². The third-order valence-corrected chi connectivity index (χ3v) is 3.31. The summed E-state index contributed by atoms with van der Waals surface area (Å²) in [6.07, 6.45) is 6.89. The summed E-state index contributed by atoms with van der Waals surface area (Å²) in [7, 11) is 0. The van der Waals surface area contributed by atoms with Crippen LogP contribution in [0.25, 0.3) is 0 Å². The molecule has 0 aliphatic heterocycles. The molecule has 0 radical (unpaired) electrons. The molecule has 0 aromatic carbocycles. The predicted octanol–water partition coefficient (Wildman–Crippen LogP) is 4.97. The van der Waals surface area contributed by atoms with Crippen LogP contribution in [0.1, 0.15) is 51.4 Å². The topological polar surface area (TPSA) is 145 Å². The van der Waals surface area contributed by atoms with Gasteiger partial charge in [-0.05, 0) is 51.4 Å². The summed E-state index contributed by atoms with van der Waals surface area (Å²) in [4.78, 5) is 0. The fraction of sp³-hybridized carbons (Fsp3) is 1.00. The summed E-state index contributed by atoms with van der Waals surface area (Å²) in [6, 6.07) is 0.0152. The first kappa shape index (κ1) is 18.4. The maximum atomic E-state index is 7.19. The number of rotatable bonds is 15. The van der Waals surface area contributed by atoms with Crippen molar-refractivity contribution >= 4 is 0 Å². The van der Waals surface area contributed by atoms with Crippen LogP contribution < -0.4 is 0 Å². The SMILES string of the molecule is N=NCCCCC(CCC(CCCCN=N)N=N)N=N. The molecule has 0 aromatic rings. The van der Waals surface area contributed by atoms with E-state index in [0.717, 1.165) is 51.4 Å². The smallest absolute Gasteiger partial charge is 0.0706 e. The summed E-state index contributed by atoms with van der Waals surface area (Å²) < 4.78 is 0. The number of nitrogens with zero attached hydrogens (tertiary/aromatic N) is 4. The predicted molar refractivity (Wildman–Crippen MR) is 74.8 cm³/mol. The molecule has 0 heterocycles. The second kappa shape index (κ2) is 13.8. The molecule has 0 saturated carbocycles. The van der Waals surface area contributed by atoms with Gasteiger partial charge in [-0.25, -0.2) is 22.1 Å². The third kappa shape index (κ3) is 10.3. The first-order valence-corrected chi connectivity index (χ1v) is 7.18. The van der Waals surface area contributed by atoms with E-state index in [1.165, 1.54) is 0 Å². The molecular weight excluding hydrogens is 256 g/mol. The molecule has 0 aliphatic carbocycles. The van der Waals surface area contributed by atoms with Crippen LogP contribution in [-0.4, -0.2) is 25.2 Å². The highest BCUT2D eigenvalue weighted by Crippen LogP contribution is 2.17. The normalized spacial score (nSPS) is 13.4. The maximum absolute atomic E-state index is 7.19. The lowest BCUT2D eigenvalue weighted by Gasteiger charge is -2.14. The van der Waals surface area contributed by atoms with E-state index in [1.54, 1.807) is 0 Å². The van der Waals surface area contributed by atoms with E-state index >= 15 is 0 Å². The largest absolute Gasteiger partial charge is 0.210 e. The van der Waals surface area contributed by atoms with Gasteiger partial charge in [-0.3, -0.25) is 0 Å². The van der Waals surface area contributed by atoms with Crippen LogP contribution in [0.5, 0.6) is 0 Å². The van der Waals surface area contributed by atoms with Crippen LogP contribution in [0.3, 0.4) is 0 Å². The molecule has 0 aliphatic rings. The molecule has 0 amide bonds. The van der Waals surface area contributed by atoms with Gasteiger partial charge in [0, 0.05) is 0 Å². The molecule has 2 unspecified atom stereocenters. The van der Waals surface area contributed by atoms with Crippen LogP contribution in [0.4, 0.5) is 0 Å². The number of hydrogen-bond donors (Lipinski definition) is 4.